The van der Waals surface area contributed by atoms with Gasteiger partial charge in [-0.25, -0.2) is 0 Å². The van der Waals surface area contributed by atoms with E-state index in [1.165, 1.54) is 6.42 Å². The van der Waals surface area contributed by atoms with Gasteiger partial charge in [-0.2, -0.15) is 0 Å². The van der Waals surface area contributed by atoms with Crippen LogP contribution in [0, 0.1) is 0 Å². The van der Waals surface area contributed by atoms with E-state index in [0.717, 1.165) is 42.6 Å². The molecule has 1 aromatic carbocycles. The number of nitrogens with one attached hydrogen (secondary N) is 1. The van der Waals surface area contributed by atoms with Crippen LogP contribution >= 0.6 is 0 Å². The first-order valence-electron chi connectivity index (χ1n) is 8.20. The molecule has 0 amide bonds. The first-order chi connectivity index (χ1) is 10.6. The highest BCUT2D eigenvalue weighted by molar-refractivity contribution is 5.91. The molecule has 0 spiro atoms. The van der Waals surface area contributed by atoms with Crippen molar-refractivity contribution in [3.8, 4) is 5.75 Å². The fourth-order valence-electron chi connectivity index (χ4n) is 2.76. The second kappa shape index (κ2) is 7.99. The lowest BCUT2D eigenvalue weighted by atomic mass is 10.1. The van der Waals surface area contributed by atoms with Gasteiger partial charge < -0.3 is 15.3 Å². The van der Waals surface area contributed by atoms with E-state index in [2.05, 4.69) is 36.0 Å². The summed E-state index contributed by atoms with van der Waals surface area (Å²) >= 11 is 0. The Morgan fingerprint density at radius 2 is 2.00 bits per heavy atom. The van der Waals surface area contributed by atoms with Crippen LogP contribution in [0.4, 0.5) is 5.69 Å². The van der Waals surface area contributed by atoms with E-state index in [-0.39, 0.29) is 5.75 Å². The second-order valence-electron chi connectivity index (χ2n) is 5.77. The molecular formula is C18H27N3O. The van der Waals surface area contributed by atoms with Crippen molar-refractivity contribution in [2.45, 2.75) is 39.7 Å². The lowest BCUT2D eigenvalue weighted by Crippen LogP contribution is -2.25. The van der Waals surface area contributed by atoms with Gasteiger partial charge in [0.25, 0.3) is 0 Å². The Hall–Kier alpha value is -1.81. The van der Waals surface area contributed by atoms with Crippen LogP contribution in [0.2, 0.25) is 0 Å². The maximum atomic E-state index is 9.55. The summed E-state index contributed by atoms with van der Waals surface area (Å²) in [6.45, 7) is 10.0. The average molecular weight is 301 g/mol. The Balaban J connectivity index is 1.95. The summed E-state index contributed by atoms with van der Waals surface area (Å²) in [6.07, 6.45) is 4.12. The van der Waals surface area contributed by atoms with Crippen molar-refractivity contribution in [1.82, 2.24) is 9.88 Å². The summed E-state index contributed by atoms with van der Waals surface area (Å²) in [4.78, 5) is 6.77. The predicted octanol–water partition coefficient (Wildman–Crippen LogP) is 3.86. The summed E-state index contributed by atoms with van der Waals surface area (Å²) in [5, 5.41) is 14.2. The van der Waals surface area contributed by atoms with Crippen LogP contribution < -0.4 is 5.32 Å². The van der Waals surface area contributed by atoms with Gasteiger partial charge in [0.2, 0.25) is 0 Å². The molecule has 0 aliphatic heterocycles. The fraction of sp³-hybridized carbons (Fsp3) is 0.500. The molecule has 2 aromatic rings. The Morgan fingerprint density at radius 1 is 1.23 bits per heavy atom. The van der Waals surface area contributed by atoms with Gasteiger partial charge in [-0.05, 0) is 57.6 Å². The summed E-state index contributed by atoms with van der Waals surface area (Å²) in [5.74, 6) is 0.254. The van der Waals surface area contributed by atoms with E-state index in [0.29, 0.717) is 6.04 Å². The molecule has 1 heterocycles. The van der Waals surface area contributed by atoms with Crippen LogP contribution in [0.1, 0.15) is 33.6 Å². The van der Waals surface area contributed by atoms with Crippen molar-refractivity contribution in [3.63, 3.8) is 0 Å². The predicted molar refractivity (Wildman–Crippen MR) is 93.5 cm³/mol. The molecule has 0 unspecified atom stereocenters. The molecule has 2 rings (SSSR count). The smallest absolute Gasteiger partial charge is 0.117 e. The average Bonchev–Trinajstić information content (AvgIpc) is 2.51. The molecule has 4 heteroatoms. The minimum atomic E-state index is 0.254. The van der Waals surface area contributed by atoms with Crippen LogP contribution in [-0.4, -0.2) is 40.7 Å². The molecule has 0 aliphatic rings. The normalized spacial score (nSPS) is 12.7. The minimum Gasteiger partial charge on any atom is -0.508 e. The van der Waals surface area contributed by atoms with E-state index in [9.17, 15) is 5.11 Å². The fourth-order valence-corrected chi connectivity index (χ4v) is 2.76. The van der Waals surface area contributed by atoms with Crippen molar-refractivity contribution in [3.05, 3.63) is 30.5 Å². The lowest BCUT2D eigenvalue weighted by Gasteiger charge is -2.20. The molecule has 0 radical (unpaired) electrons. The number of pyridine rings is 1. The molecule has 4 nitrogen and oxygen atoms in total. The highest BCUT2D eigenvalue weighted by atomic mass is 16.3. The van der Waals surface area contributed by atoms with Crippen molar-refractivity contribution in [1.29, 1.82) is 0 Å². The molecule has 0 fully saturated rings. The maximum absolute atomic E-state index is 9.55. The van der Waals surface area contributed by atoms with Crippen LogP contribution in [-0.2, 0) is 0 Å². The molecule has 0 aliphatic carbocycles. The third-order valence-corrected chi connectivity index (χ3v) is 4.13. The third kappa shape index (κ3) is 4.34. The number of fused-ring (bicyclic) bond motifs is 1. The lowest BCUT2D eigenvalue weighted by molar-refractivity contribution is 0.295. The zero-order valence-corrected chi connectivity index (χ0v) is 13.8. The monoisotopic (exact) mass is 301 g/mol. The summed E-state index contributed by atoms with van der Waals surface area (Å²) in [5.41, 5.74) is 1.90. The highest BCUT2D eigenvalue weighted by Gasteiger charge is 2.07. The SMILES string of the molecule is CCN(CC)CCC[C@H](C)Nc1ccnc2cc(O)ccc12. The van der Waals surface area contributed by atoms with Gasteiger partial charge in [-0.3, -0.25) is 4.98 Å². The number of anilines is 1. The second-order valence-corrected chi connectivity index (χ2v) is 5.77. The molecule has 0 saturated heterocycles. The largest absolute Gasteiger partial charge is 0.508 e. The van der Waals surface area contributed by atoms with Crippen LogP contribution in [0.15, 0.2) is 30.5 Å². The summed E-state index contributed by atoms with van der Waals surface area (Å²) < 4.78 is 0. The van der Waals surface area contributed by atoms with Gasteiger partial charge in [-0.1, -0.05) is 13.8 Å². The van der Waals surface area contributed by atoms with Gasteiger partial charge in [0.05, 0.1) is 5.52 Å². The minimum absolute atomic E-state index is 0.254. The van der Waals surface area contributed by atoms with Gasteiger partial charge in [0.15, 0.2) is 0 Å². The number of aromatic nitrogens is 1. The molecule has 0 bridgehead atoms. The van der Waals surface area contributed by atoms with Gasteiger partial charge in [-0.15, -0.1) is 0 Å². The summed E-state index contributed by atoms with van der Waals surface area (Å²) in [7, 11) is 0. The number of benzene rings is 1. The third-order valence-electron chi connectivity index (χ3n) is 4.13. The van der Waals surface area contributed by atoms with E-state index in [4.69, 9.17) is 0 Å². The highest BCUT2D eigenvalue weighted by Crippen LogP contribution is 2.25. The zero-order chi connectivity index (χ0) is 15.9. The van der Waals surface area contributed by atoms with Crippen LogP contribution in [0.25, 0.3) is 10.9 Å². The number of aromatic hydroxyl groups is 1. The van der Waals surface area contributed by atoms with E-state index < -0.39 is 0 Å². The quantitative estimate of drug-likeness (QED) is 0.777. The zero-order valence-electron chi connectivity index (χ0n) is 13.8. The molecule has 120 valence electrons. The van der Waals surface area contributed by atoms with Crippen molar-refractivity contribution in [2.24, 2.45) is 0 Å². The Bertz CT molecular complexity index is 596. The standard InChI is InChI=1S/C18H27N3O/c1-4-21(5-2)12-6-7-14(3)20-17-10-11-19-18-13-15(22)8-9-16(17)18/h8-11,13-14,22H,4-7,12H2,1-3H3,(H,19,20)/t14-/m0/s1. The number of phenols is 1. The van der Waals surface area contributed by atoms with E-state index in [1.807, 2.05) is 12.1 Å². The topological polar surface area (TPSA) is 48.4 Å². The molecule has 2 N–H and O–H groups in total. The van der Waals surface area contributed by atoms with Crippen LogP contribution in [0.3, 0.4) is 0 Å². The Morgan fingerprint density at radius 3 is 2.73 bits per heavy atom. The number of rotatable bonds is 8. The van der Waals surface area contributed by atoms with E-state index >= 15 is 0 Å². The van der Waals surface area contributed by atoms with Crippen molar-refractivity contribution < 1.29 is 5.11 Å². The number of phenolic OH excluding ortho intramolecular Hbond substituents is 1. The molecule has 22 heavy (non-hydrogen) atoms. The van der Waals surface area contributed by atoms with Crippen molar-refractivity contribution in [2.75, 3.05) is 25.0 Å². The van der Waals surface area contributed by atoms with Gasteiger partial charge in [0, 0.05) is 29.4 Å². The van der Waals surface area contributed by atoms with E-state index in [1.54, 1.807) is 18.3 Å². The van der Waals surface area contributed by atoms with Gasteiger partial charge >= 0.3 is 0 Å². The molecule has 1 aromatic heterocycles. The first-order valence-corrected chi connectivity index (χ1v) is 8.20. The maximum Gasteiger partial charge on any atom is 0.117 e. The van der Waals surface area contributed by atoms with Gasteiger partial charge in [0.1, 0.15) is 5.75 Å². The Labute approximate surface area is 133 Å². The number of nitrogens with zero attached hydrogens (tertiary/aromatic N) is 2. The number of hydrogen-bond acceptors (Lipinski definition) is 4. The number of hydrogen-bond donors (Lipinski definition) is 2. The van der Waals surface area contributed by atoms with Crippen molar-refractivity contribution >= 4 is 16.6 Å². The first kappa shape index (κ1) is 16.6. The molecular weight excluding hydrogens is 274 g/mol. The molecule has 0 saturated carbocycles. The van der Waals surface area contributed by atoms with Crippen LogP contribution in [0.5, 0.6) is 5.75 Å². The Kier molecular flexibility index (Phi) is 6.01. The molecule has 1 atom stereocenters. The summed E-state index contributed by atoms with van der Waals surface area (Å²) in [6, 6.07) is 7.74.